The molecule has 8 heteroatoms. The molecule has 0 aromatic heterocycles. The molecule has 0 spiro atoms. The molecule has 0 fully saturated rings. The number of hydrogen-bond acceptors (Lipinski definition) is 4. The number of nitrogens with one attached hydrogen (secondary N) is 3. The maximum Gasteiger partial charge on any atom is 0.253 e. The standard InChI is InChI=1S/C20H22BrN3O3S/c1-28-12-11-17(24-19(26)15-9-5-6-10-16(15)21)20(27)22-13-18(25)23-14-7-3-2-4-8-14/h2-10,17H,11-13H2,1H3,(H,22,27)(H,23,25)(H,24,26). The first kappa shape index (κ1) is 22.0. The van der Waals surface area contributed by atoms with Crippen molar-refractivity contribution >= 4 is 51.1 Å². The average molecular weight is 464 g/mol. The van der Waals surface area contributed by atoms with E-state index >= 15 is 0 Å². The Kier molecular flexibility index (Phi) is 9.03. The number of anilines is 1. The van der Waals surface area contributed by atoms with Crippen molar-refractivity contribution in [3.8, 4) is 0 Å². The summed E-state index contributed by atoms with van der Waals surface area (Å²) in [5, 5.41) is 8.05. The van der Waals surface area contributed by atoms with E-state index in [-0.39, 0.29) is 18.4 Å². The van der Waals surface area contributed by atoms with Crippen LogP contribution in [0.3, 0.4) is 0 Å². The largest absolute Gasteiger partial charge is 0.345 e. The van der Waals surface area contributed by atoms with E-state index in [1.807, 2.05) is 30.5 Å². The normalized spacial score (nSPS) is 11.4. The van der Waals surface area contributed by atoms with Crippen LogP contribution in [0.4, 0.5) is 5.69 Å². The van der Waals surface area contributed by atoms with E-state index in [2.05, 4.69) is 31.9 Å². The van der Waals surface area contributed by atoms with Gasteiger partial charge in [-0.3, -0.25) is 14.4 Å². The highest BCUT2D eigenvalue weighted by Gasteiger charge is 2.22. The molecule has 0 saturated heterocycles. The molecule has 0 aliphatic carbocycles. The minimum absolute atomic E-state index is 0.172. The predicted octanol–water partition coefficient (Wildman–Crippen LogP) is 3.06. The van der Waals surface area contributed by atoms with E-state index < -0.39 is 11.9 Å². The van der Waals surface area contributed by atoms with E-state index in [9.17, 15) is 14.4 Å². The minimum Gasteiger partial charge on any atom is -0.345 e. The van der Waals surface area contributed by atoms with E-state index in [1.165, 1.54) is 0 Å². The van der Waals surface area contributed by atoms with Gasteiger partial charge < -0.3 is 16.0 Å². The van der Waals surface area contributed by atoms with Crippen LogP contribution >= 0.6 is 27.7 Å². The first-order chi connectivity index (χ1) is 13.5. The highest BCUT2D eigenvalue weighted by atomic mass is 79.9. The number of hydrogen-bond donors (Lipinski definition) is 3. The summed E-state index contributed by atoms with van der Waals surface area (Å²) >= 11 is 4.92. The van der Waals surface area contributed by atoms with Crippen LogP contribution in [-0.4, -0.2) is 42.3 Å². The second-order valence-corrected chi connectivity index (χ2v) is 7.76. The van der Waals surface area contributed by atoms with Gasteiger partial charge in [-0.25, -0.2) is 0 Å². The van der Waals surface area contributed by atoms with Crippen molar-refractivity contribution in [1.82, 2.24) is 10.6 Å². The predicted molar refractivity (Wildman–Crippen MR) is 116 cm³/mol. The van der Waals surface area contributed by atoms with Crippen molar-refractivity contribution in [2.45, 2.75) is 12.5 Å². The maximum absolute atomic E-state index is 12.5. The molecule has 2 aromatic rings. The van der Waals surface area contributed by atoms with Gasteiger partial charge in [0.15, 0.2) is 0 Å². The maximum atomic E-state index is 12.5. The van der Waals surface area contributed by atoms with Crippen molar-refractivity contribution in [2.24, 2.45) is 0 Å². The number of amides is 3. The van der Waals surface area contributed by atoms with E-state index in [0.29, 0.717) is 27.9 Å². The van der Waals surface area contributed by atoms with E-state index in [4.69, 9.17) is 0 Å². The third-order valence-corrected chi connectivity index (χ3v) is 5.17. The summed E-state index contributed by atoms with van der Waals surface area (Å²) in [6.45, 7) is -0.172. The Bertz CT molecular complexity index is 817. The molecule has 1 atom stereocenters. The van der Waals surface area contributed by atoms with E-state index in [0.717, 1.165) is 0 Å². The Morgan fingerprint density at radius 2 is 1.71 bits per heavy atom. The van der Waals surface area contributed by atoms with Gasteiger partial charge in [0.05, 0.1) is 12.1 Å². The molecule has 0 bridgehead atoms. The van der Waals surface area contributed by atoms with Crippen molar-refractivity contribution in [3.05, 3.63) is 64.6 Å². The van der Waals surface area contributed by atoms with Gasteiger partial charge in [0, 0.05) is 10.2 Å². The zero-order valence-electron chi connectivity index (χ0n) is 15.4. The Morgan fingerprint density at radius 3 is 2.39 bits per heavy atom. The molecule has 0 heterocycles. The molecule has 2 rings (SSSR count). The highest BCUT2D eigenvalue weighted by molar-refractivity contribution is 9.10. The van der Waals surface area contributed by atoms with Gasteiger partial charge in [-0.05, 0) is 58.6 Å². The highest BCUT2D eigenvalue weighted by Crippen LogP contribution is 2.16. The van der Waals surface area contributed by atoms with Crippen LogP contribution in [0.1, 0.15) is 16.8 Å². The van der Waals surface area contributed by atoms with Crippen LogP contribution in [-0.2, 0) is 9.59 Å². The second-order valence-electron chi connectivity index (χ2n) is 5.92. The number of carbonyl (C=O) groups excluding carboxylic acids is 3. The summed E-state index contributed by atoms with van der Waals surface area (Å²) < 4.78 is 0.652. The first-order valence-electron chi connectivity index (χ1n) is 8.68. The summed E-state index contributed by atoms with van der Waals surface area (Å²) in [5.74, 6) is -0.370. The summed E-state index contributed by atoms with van der Waals surface area (Å²) in [5.41, 5.74) is 1.11. The van der Waals surface area contributed by atoms with Crippen LogP contribution in [0.25, 0.3) is 0 Å². The zero-order valence-corrected chi connectivity index (χ0v) is 17.8. The smallest absolute Gasteiger partial charge is 0.253 e. The van der Waals surface area contributed by atoms with Gasteiger partial charge in [0.2, 0.25) is 11.8 Å². The van der Waals surface area contributed by atoms with Crippen LogP contribution in [0, 0.1) is 0 Å². The number of para-hydroxylation sites is 1. The van der Waals surface area contributed by atoms with Crippen LogP contribution < -0.4 is 16.0 Å². The topological polar surface area (TPSA) is 87.3 Å². The lowest BCUT2D eigenvalue weighted by Crippen LogP contribution is -2.48. The Morgan fingerprint density at radius 1 is 1.04 bits per heavy atom. The third-order valence-electron chi connectivity index (χ3n) is 3.83. The molecule has 6 nitrogen and oxygen atoms in total. The Labute approximate surface area is 177 Å². The lowest BCUT2D eigenvalue weighted by Gasteiger charge is -2.18. The Hall–Kier alpha value is -2.32. The lowest BCUT2D eigenvalue weighted by atomic mass is 10.1. The van der Waals surface area contributed by atoms with Gasteiger partial charge in [0.1, 0.15) is 6.04 Å². The van der Waals surface area contributed by atoms with Crippen LogP contribution in [0.15, 0.2) is 59.1 Å². The van der Waals surface area contributed by atoms with Crippen LogP contribution in [0.2, 0.25) is 0 Å². The number of carbonyl (C=O) groups is 3. The minimum atomic E-state index is -0.725. The molecule has 0 radical (unpaired) electrons. The molecular weight excluding hydrogens is 442 g/mol. The fourth-order valence-corrected chi connectivity index (χ4v) is 3.34. The lowest BCUT2D eigenvalue weighted by molar-refractivity contribution is -0.125. The SMILES string of the molecule is CSCCC(NC(=O)c1ccccc1Br)C(=O)NCC(=O)Nc1ccccc1. The number of benzene rings is 2. The molecule has 0 saturated carbocycles. The van der Waals surface area contributed by atoms with Gasteiger partial charge in [-0.2, -0.15) is 11.8 Å². The average Bonchev–Trinajstić information content (AvgIpc) is 2.70. The van der Waals surface area contributed by atoms with Crippen molar-refractivity contribution < 1.29 is 14.4 Å². The number of thioether (sulfide) groups is 1. The van der Waals surface area contributed by atoms with Gasteiger partial charge >= 0.3 is 0 Å². The quantitative estimate of drug-likeness (QED) is 0.533. The molecule has 1 unspecified atom stereocenters. The van der Waals surface area contributed by atoms with Gasteiger partial charge in [-0.1, -0.05) is 30.3 Å². The summed E-state index contributed by atoms with van der Waals surface area (Å²) in [6, 6.07) is 15.3. The Balaban J connectivity index is 1.93. The summed E-state index contributed by atoms with van der Waals surface area (Å²) in [4.78, 5) is 37.1. The molecular formula is C20H22BrN3O3S. The molecule has 3 amide bonds. The molecule has 0 aliphatic rings. The summed E-state index contributed by atoms with van der Waals surface area (Å²) in [7, 11) is 0. The first-order valence-corrected chi connectivity index (χ1v) is 10.9. The number of rotatable bonds is 9. The third kappa shape index (κ3) is 7.01. The number of halogens is 1. The molecule has 148 valence electrons. The monoisotopic (exact) mass is 463 g/mol. The molecule has 3 N–H and O–H groups in total. The second kappa shape index (κ2) is 11.5. The molecule has 2 aromatic carbocycles. The zero-order chi connectivity index (χ0) is 20.4. The molecule has 0 aliphatic heterocycles. The fraction of sp³-hybridized carbons (Fsp3) is 0.250. The van der Waals surface area contributed by atoms with Crippen molar-refractivity contribution in [1.29, 1.82) is 0 Å². The van der Waals surface area contributed by atoms with Crippen LogP contribution in [0.5, 0.6) is 0 Å². The van der Waals surface area contributed by atoms with Crippen molar-refractivity contribution in [2.75, 3.05) is 23.9 Å². The fourth-order valence-electron chi connectivity index (χ4n) is 2.40. The summed E-state index contributed by atoms with van der Waals surface area (Å²) in [6.07, 6.45) is 2.39. The van der Waals surface area contributed by atoms with E-state index in [1.54, 1.807) is 42.1 Å². The van der Waals surface area contributed by atoms with Crippen molar-refractivity contribution in [3.63, 3.8) is 0 Å². The van der Waals surface area contributed by atoms with Gasteiger partial charge in [-0.15, -0.1) is 0 Å². The van der Waals surface area contributed by atoms with Gasteiger partial charge in [0.25, 0.3) is 5.91 Å². The molecule has 28 heavy (non-hydrogen) atoms.